The Kier molecular flexibility index (Phi) is 7.97. The molecule has 0 fully saturated rings. The van der Waals surface area contributed by atoms with Crippen LogP contribution in [0.2, 0.25) is 0 Å². The lowest BCUT2D eigenvalue weighted by Crippen LogP contribution is -2.08. The van der Waals surface area contributed by atoms with Gasteiger partial charge in [0.2, 0.25) is 0 Å². The molecule has 0 saturated heterocycles. The summed E-state index contributed by atoms with van der Waals surface area (Å²) in [6.45, 7) is -0.107. The second-order valence-electron chi connectivity index (χ2n) is 8.63. The van der Waals surface area contributed by atoms with Crippen LogP contribution in [0.4, 0.5) is 20.3 Å². The molecular weight excluding hydrogens is 522 g/mol. The number of aromatic nitrogens is 5. The second kappa shape index (κ2) is 11.9. The summed E-state index contributed by atoms with van der Waals surface area (Å²) in [6, 6.07) is 11.3. The first-order chi connectivity index (χ1) is 19.5. The molecule has 0 bridgehead atoms. The molecule has 0 atom stereocenters. The fourth-order valence-electron chi connectivity index (χ4n) is 4.13. The normalized spacial score (nSPS) is 11.0. The minimum atomic E-state index is -0.765. The maximum atomic E-state index is 15.0. The van der Waals surface area contributed by atoms with Crippen LogP contribution < -0.4 is 19.5 Å². The van der Waals surface area contributed by atoms with E-state index in [-0.39, 0.29) is 36.9 Å². The molecule has 12 heteroatoms. The zero-order valence-electron chi connectivity index (χ0n) is 21.8. The third kappa shape index (κ3) is 5.47. The quantitative estimate of drug-likeness (QED) is 0.226. The van der Waals surface area contributed by atoms with E-state index in [1.807, 2.05) is 18.2 Å². The Labute approximate surface area is 228 Å². The number of ether oxygens (including phenoxy) is 3. The third-order valence-corrected chi connectivity index (χ3v) is 6.10. The number of pyridine rings is 1. The molecule has 0 spiro atoms. The third-order valence-electron chi connectivity index (χ3n) is 6.10. The molecule has 5 rings (SSSR count). The van der Waals surface area contributed by atoms with Crippen molar-refractivity contribution in [3.8, 4) is 28.8 Å². The van der Waals surface area contributed by atoms with Crippen LogP contribution in [0.1, 0.15) is 12.0 Å². The van der Waals surface area contributed by atoms with Crippen molar-refractivity contribution in [3.63, 3.8) is 0 Å². The molecule has 0 amide bonds. The van der Waals surface area contributed by atoms with Crippen molar-refractivity contribution in [1.82, 2.24) is 24.7 Å². The summed E-state index contributed by atoms with van der Waals surface area (Å²) < 4.78 is 47.6. The summed E-state index contributed by atoms with van der Waals surface area (Å²) >= 11 is 0. The summed E-state index contributed by atoms with van der Waals surface area (Å²) in [7, 11) is 3.04. The molecule has 0 radical (unpaired) electrons. The van der Waals surface area contributed by atoms with E-state index in [2.05, 4.69) is 25.4 Å². The highest BCUT2D eigenvalue weighted by Crippen LogP contribution is 2.33. The summed E-state index contributed by atoms with van der Waals surface area (Å²) in [6.07, 6.45) is 5.05. The summed E-state index contributed by atoms with van der Waals surface area (Å²) in [4.78, 5) is 13.2. The molecule has 2 aromatic carbocycles. The molecule has 206 valence electrons. The molecule has 0 aliphatic carbocycles. The predicted molar refractivity (Wildman–Crippen MR) is 144 cm³/mol. The molecule has 0 unspecified atom stereocenters. The number of aliphatic hydroxyl groups is 1. The lowest BCUT2D eigenvalue weighted by Gasteiger charge is -2.13. The van der Waals surface area contributed by atoms with Crippen molar-refractivity contribution in [1.29, 1.82) is 0 Å². The highest BCUT2D eigenvalue weighted by molar-refractivity contribution is 5.92. The Balaban J connectivity index is 1.52. The van der Waals surface area contributed by atoms with Gasteiger partial charge in [0, 0.05) is 42.3 Å². The van der Waals surface area contributed by atoms with Gasteiger partial charge in [0.05, 0.1) is 51.0 Å². The zero-order valence-corrected chi connectivity index (χ0v) is 21.8. The van der Waals surface area contributed by atoms with Crippen molar-refractivity contribution in [2.24, 2.45) is 0 Å². The molecule has 3 aromatic heterocycles. The van der Waals surface area contributed by atoms with Gasteiger partial charge in [-0.05, 0) is 12.1 Å². The molecule has 3 heterocycles. The van der Waals surface area contributed by atoms with E-state index in [1.165, 1.54) is 25.1 Å². The van der Waals surface area contributed by atoms with Gasteiger partial charge in [-0.3, -0.25) is 9.67 Å². The van der Waals surface area contributed by atoms with Gasteiger partial charge in [0.25, 0.3) is 0 Å². The number of fused-ring (bicyclic) bond motifs is 1. The molecule has 0 aliphatic rings. The number of methoxy groups -OCH3 is 2. The van der Waals surface area contributed by atoms with Gasteiger partial charge in [-0.2, -0.15) is 5.10 Å². The highest BCUT2D eigenvalue weighted by atomic mass is 19.1. The first-order valence-corrected chi connectivity index (χ1v) is 12.4. The van der Waals surface area contributed by atoms with Crippen molar-refractivity contribution in [3.05, 3.63) is 78.3 Å². The highest BCUT2D eigenvalue weighted by Gasteiger charge is 2.20. The summed E-state index contributed by atoms with van der Waals surface area (Å²) in [5.74, 6) is 0.0578. The molecule has 40 heavy (non-hydrogen) atoms. The molecule has 2 N–H and O–H groups in total. The molecule has 10 nitrogen and oxygen atoms in total. The maximum absolute atomic E-state index is 15.0. The Morgan fingerprint density at radius 3 is 2.52 bits per heavy atom. The monoisotopic (exact) mass is 548 g/mol. The van der Waals surface area contributed by atoms with Gasteiger partial charge < -0.3 is 24.6 Å². The van der Waals surface area contributed by atoms with E-state index < -0.39 is 11.6 Å². The van der Waals surface area contributed by atoms with Crippen molar-refractivity contribution in [2.75, 3.05) is 32.8 Å². The van der Waals surface area contributed by atoms with Gasteiger partial charge >= 0.3 is 0 Å². The fraction of sp³-hybridized carbons (Fsp3) is 0.214. The number of rotatable bonds is 11. The van der Waals surface area contributed by atoms with Crippen molar-refractivity contribution < 1.29 is 28.1 Å². The second-order valence-corrected chi connectivity index (χ2v) is 8.63. The van der Waals surface area contributed by atoms with Gasteiger partial charge in [0.15, 0.2) is 23.1 Å². The fourth-order valence-corrected chi connectivity index (χ4v) is 4.13. The number of anilines is 2. The van der Waals surface area contributed by atoms with Gasteiger partial charge in [-0.25, -0.2) is 18.7 Å². The Bertz CT molecular complexity index is 1620. The first kappa shape index (κ1) is 26.8. The topological polar surface area (TPSA) is 116 Å². The van der Waals surface area contributed by atoms with Crippen LogP contribution in [0.15, 0.2) is 61.1 Å². The number of halogens is 2. The molecule has 0 aliphatic heterocycles. The van der Waals surface area contributed by atoms with Crippen LogP contribution in [0.3, 0.4) is 0 Å². The van der Waals surface area contributed by atoms with E-state index in [9.17, 15) is 8.78 Å². The summed E-state index contributed by atoms with van der Waals surface area (Å²) in [5.41, 5.74) is 1.51. The Morgan fingerprint density at radius 2 is 1.77 bits per heavy atom. The van der Waals surface area contributed by atoms with Crippen LogP contribution >= 0.6 is 0 Å². The molecule has 5 aromatic rings. The summed E-state index contributed by atoms with van der Waals surface area (Å²) in [5, 5.41) is 17.4. The minimum Gasteiger partial charge on any atom is -0.493 e. The number of hydrogen-bond donors (Lipinski definition) is 2. The van der Waals surface area contributed by atoms with Crippen molar-refractivity contribution >= 4 is 22.4 Å². The number of hydrogen-bond acceptors (Lipinski definition) is 9. The lowest BCUT2D eigenvalue weighted by atomic mass is 10.1. The van der Waals surface area contributed by atoms with Crippen LogP contribution in [-0.4, -0.2) is 57.3 Å². The van der Waals surface area contributed by atoms with Crippen LogP contribution in [0.5, 0.6) is 17.2 Å². The van der Waals surface area contributed by atoms with Gasteiger partial charge in [0.1, 0.15) is 23.1 Å². The van der Waals surface area contributed by atoms with Gasteiger partial charge in [-0.1, -0.05) is 18.2 Å². The number of nitrogens with zero attached hydrogens (tertiary/aromatic N) is 5. The average Bonchev–Trinajstić information content (AvgIpc) is 3.34. The van der Waals surface area contributed by atoms with Crippen molar-refractivity contribution in [2.45, 2.75) is 13.0 Å². The Hall–Kier alpha value is -4.84. The van der Waals surface area contributed by atoms with E-state index in [1.54, 1.807) is 24.5 Å². The number of benzene rings is 2. The zero-order chi connectivity index (χ0) is 28.1. The SMILES string of the molecule is COc1cnccc1Nc1nc(-c2nn(Cc3c(F)cc(OCCCO)cc3F)c3ccccc23)ncc1OC. The molecule has 0 saturated carbocycles. The average molecular weight is 549 g/mol. The number of para-hydroxylation sites is 1. The van der Waals surface area contributed by atoms with Crippen LogP contribution in [-0.2, 0) is 6.54 Å². The Morgan fingerprint density at radius 1 is 1.00 bits per heavy atom. The minimum absolute atomic E-state index is 0.0516. The number of aliphatic hydroxyl groups excluding tert-OH is 1. The van der Waals surface area contributed by atoms with E-state index >= 15 is 0 Å². The standard InChI is InChI=1S/C28H26F2N6O4/c1-38-24-14-31-9-8-22(24)33-27-25(39-2)15-32-28(34-27)26-18-6-3-4-7-23(18)36(35-26)16-19-20(29)12-17(13-21(19)30)40-11-5-10-37/h3-4,6-9,12-15,37H,5,10-11,16H2,1-2H3,(H,31,32,33,34). The van der Waals surface area contributed by atoms with Crippen LogP contribution in [0, 0.1) is 11.6 Å². The lowest BCUT2D eigenvalue weighted by molar-refractivity contribution is 0.232. The maximum Gasteiger partial charge on any atom is 0.183 e. The largest absolute Gasteiger partial charge is 0.493 e. The first-order valence-electron chi connectivity index (χ1n) is 12.4. The smallest absolute Gasteiger partial charge is 0.183 e. The molecular formula is C28H26F2N6O4. The van der Waals surface area contributed by atoms with Crippen LogP contribution in [0.25, 0.3) is 22.4 Å². The van der Waals surface area contributed by atoms with E-state index in [0.29, 0.717) is 46.0 Å². The van der Waals surface area contributed by atoms with E-state index in [0.717, 1.165) is 12.1 Å². The van der Waals surface area contributed by atoms with Gasteiger partial charge in [-0.15, -0.1) is 0 Å². The number of nitrogens with one attached hydrogen (secondary N) is 1. The van der Waals surface area contributed by atoms with E-state index in [4.69, 9.17) is 19.3 Å². The predicted octanol–water partition coefficient (Wildman–Crippen LogP) is 4.74.